The minimum absolute atomic E-state index is 0.142. The maximum absolute atomic E-state index is 11.5. The first kappa shape index (κ1) is 11.0. The molecule has 0 fully saturated rings. The van der Waals surface area contributed by atoms with Crippen LogP contribution < -0.4 is 0 Å². The first-order chi connectivity index (χ1) is 6.63. The van der Waals surface area contributed by atoms with Gasteiger partial charge in [0.1, 0.15) is 5.69 Å². The van der Waals surface area contributed by atoms with Gasteiger partial charge >= 0.3 is 0 Å². The summed E-state index contributed by atoms with van der Waals surface area (Å²) in [6, 6.07) is 6.92. The summed E-state index contributed by atoms with van der Waals surface area (Å²) in [6.45, 7) is 3.83. The fourth-order valence-corrected chi connectivity index (χ4v) is 1.88. The van der Waals surface area contributed by atoms with Crippen molar-refractivity contribution in [3.05, 3.63) is 34.7 Å². The van der Waals surface area contributed by atoms with Gasteiger partial charge in [-0.05, 0) is 22.9 Å². The molecular formula is C10H13NO2S. The summed E-state index contributed by atoms with van der Waals surface area (Å²) in [7, 11) is -0.877. The Morgan fingerprint density at radius 1 is 1.43 bits per heavy atom. The van der Waals surface area contributed by atoms with Crippen LogP contribution in [-0.2, 0) is 16.6 Å². The van der Waals surface area contributed by atoms with Gasteiger partial charge in [-0.15, -0.1) is 4.91 Å². The zero-order chi connectivity index (χ0) is 10.6. The summed E-state index contributed by atoms with van der Waals surface area (Å²) in [5, 5.41) is 2.98. The number of hydrogen-bond donors (Lipinski definition) is 0. The lowest BCUT2D eigenvalue weighted by Gasteiger charge is -2.05. The molecule has 0 amide bonds. The standard InChI is InChI=1S/C10H13NO2S/c1-8(2)14(13)7-9-4-3-5-10(6-9)11-12/h3-6,8H,7H2,1-2H3. The average Bonchev–Trinajstić information content (AvgIpc) is 2.18. The average molecular weight is 211 g/mol. The van der Waals surface area contributed by atoms with E-state index < -0.39 is 10.8 Å². The Morgan fingerprint density at radius 2 is 2.14 bits per heavy atom. The van der Waals surface area contributed by atoms with E-state index in [9.17, 15) is 9.12 Å². The molecule has 0 heterocycles. The van der Waals surface area contributed by atoms with Gasteiger partial charge in [0, 0.05) is 21.8 Å². The van der Waals surface area contributed by atoms with Gasteiger partial charge in [0.15, 0.2) is 0 Å². The highest BCUT2D eigenvalue weighted by Crippen LogP contribution is 2.15. The molecule has 14 heavy (non-hydrogen) atoms. The Hall–Kier alpha value is -1.03. The molecule has 0 saturated heterocycles. The first-order valence-electron chi connectivity index (χ1n) is 4.43. The summed E-state index contributed by atoms with van der Waals surface area (Å²) in [4.78, 5) is 10.3. The fourth-order valence-electron chi connectivity index (χ4n) is 1.03. The van der Waals surface area contributed by atoms with Crippen molar-refractivity contribution in [1.82, 2.24) is 0 Å². The lowest BCUT2D eigenvalue weighted by Crippen LogP contribution is -2.07. The van der Waals surface area contributed by atoms with Crippen molar-refractivity contribution in [2.24, 2.45) is 5.18 Å². The van der Waals surface area contributed by atoms with Crippen molar-refractivity contribution < 1.29 is 4.21 Å². The largest absolute Gasteiger partial charge is 0.259 e. The number of hydrogen-bond acceptors (Lipinski definition) is 3. The maximum Gasteiger partial charge on any atom is 0.108 e. The first-order valence-corrected chi connectivity index (χ1v) is 5.81. The molecular weight excluding hydrogens is 198 g/mol. The second kappa shape index (κ2) is 5.00. The van der Waals surface area contributed by atoms with Crippen LogP contribution in [0.5, 0.6) is 0 Å². The molecule has 0 N–H and O–H groups in total. The molecule has 0 aliphatic carbocycles. The van der Waals surface area contributed by atoms with E-state index in [4.69, 9.17) is 0 Å². The second-order valence-corrected chi connectivity index (χ2v) is 5.33. The molecule has 76 valence electrons. The molecule has 0 aliphatic rings. The van der Waals surface area contributed by atoms with E-state index in [2.05, 4.69) is 5.18 Å². The van der Waals surface area contributed by atoms with Gasteiger partial charge in [0.2, 0.25) is 0 Å². The van der Waals surface area contributed by atoms with E-state index in [1.54, 1.807) is 18.2 Å². The molecule has 1 rings (SSSR count). The summed E-state index contributed by atoms with van der Waals surface area (Å²) < 4.78 is 11.5. The van der Waals surface area contributed by atoms with Crippen LogP contribution >= 0.6 is 0 Å². The quantitative estimate of drug-likeness (QED) is 0.719. The van der Waals surface area contributed by atoms with Crippen molar-refractivity contribution in [2.75, 3.05) is 0 Å². The molecule has 1 unspecified atom stereocenters. The van der Waals surface area contributed by atoms with Gasteiger partial charge in [-0.25, -0.2) is 0 Å². The third kappa shape index (κ3) is 3.03. The molecule has 0 radical (unpaired) electrons. The number of nitroso groups, excluding NO2 is 1. The van der Waals surface area contributed by atoms with Gasteiger partial charge in [0.25, 0.3) is 0 Å². The van der Waals surface area contributed by atoms with Crippen molar-refractivity contribution in [1.29, 1.82) is 0 Å². The van der Waals surface area contributed by atoms with Crippen LogP contribution in [0.2, 0.25) is 0 Å². The summed E-state index contributed by atoms with van der Waals surface area (Å²) in [5.74, 6) is 0.487. The van der Waals surface area contributed by atoms with E-state index in [-0.39, 0.29) is 5.25 Å². The molecule has 3 nitrogen and oxygen atoms in total. The van der Waals surface area contributed by atoms with Crippen molar-refractivity contribution in [3.8, 4) is 0 Å². The molecule has 1 aromatic rings. The molecule has 0 aliphatic heterocycles. The highest BCUT2D eigenvalue weighted by Gasteiger charge is 2.06. The molecule has 4 heteroatoms. The monoisotopic (exact) mass is 211 g/mol. The van der Waals surface area contributed by atoms with Crippen LogP contribution in [0.1, 0.15) is 19.4 Å². The molecule has 1 atom stereocenters. The molecule has 0 bridgehead atoms. The summed E-state index contributed by atoms with van der Waals surface area (Å²) >= 11 is 0. The fraction of sp³-hybridized carbons (Fsp3) is 0.400. The highest BCUT2D eigenvalue weighted by atomic mass is 32.2. The van der Waals surface area contributed by atoms with Crippen LogP contribution in [0, 0.1) is 4.91 Å². The lowest BCUT2D eigenvalue weighted by atomic mass is 10.2. The minimum atomic E-state index is -0.877. The molecule has 1 aromatic carbocycles. The van der Waals surface area contributed by atoms with Crippen LogP contribution in [0.4, 0.5) is 5.69 Å². The van der Waals surface area contributed by atoms with Crippen LogP contribution in [0.15, 0.2) is 29.4 Å². The molecule has 0 aromatic heterocycles. The Bertz CT molecular complexity index is 350. The third-order valence-corrected chi connectivity index (χ3v) is 3.52. The van der Waals surface area contributed by atoms with E-state index >= 15 is 0 Å². The van der Waals surface area contributed by atoms with Gasteiger partial charge in [0.05, 0.1) is 0 Å². The van der Waals surface area contributed by atoms with Crippen molar-refractivity contribution in [3.63, 3.8) is 0 Å². The zero-order valence-corrected chi connectivity index (χ0v) is 9.08. The van der Waals surface area contributed by atoms with Crippen LogP contribution in [0.3, 0.4) is 0 Å². The Kier molecular flexibility index (Phi) is 3.95. The highest BCUT2D eigenvalue weighted by molar-refractivity contribution is 7.84. The Labute approximate surface area is 86.0 Å². The van der Waals surface area contributed by atoms with E-state index in [0.29, 0.717) is 11.4 Å². The minimum Gasteiger partial charge on any atom is -0.259 e. The van der Waals surface area contributed by atoms with Gasteiger partial charge in [-0.2, -0.15) is 0 Å². The SMILES string of the molecule is CC(C)S(=O)Cc1cccc(N=O)c1. The lowest BCUT2D eigenvalue weighted by molar-refractivity contribution is 0.676. The Balaban J connectivity index is 2.76. The van der Waals surface area contributed by atoms with E-state index in [0.717, 1.165) is 5.56 Å². The molecule has 0 spiro atoms. The van der Waals surface area contributed by atoms with Crippen LogP contribution in [0.25, 0.3) is 0 Å². The normalized spacial score (nSPS) is 12.8. The van der Waals surface area contributed by atoms with Crippen molar-refractivity contribution in [2.45, 2.75) is 24.9 Å². The van der Waals surface area contributed by atoms with Crippen molar-refractivity contribution >= 4 is 16.5 Å². The topological polar surface area (TPSA) is 46.5 Å². The third-order valence-electron chi connectivity index (χ3n) is 1.85. The maximum atomic E-state index is 11.5. The van der Waals surface area contributed by atoms with Crippen LogP contribution in [-0.4, -0.2) is 9.46 Å². The Morgan fingerprint density at radius 3 is 2.71 bits per heavy atom. The smallest absolute Gasteiger partial charge is 0.108 e. The van der Waals surface area contributed by atoms with Gasteiger partial charge in [-0.1, -0.05) is 26.0 Å². The predicted molar refractivity (Wildman–Crippen MR) is 58.9 cm³/mol. The van der Waals surface area contributed by atoms with E-state index in [1.807, 2.05) is 19.9 Å². The second-order valence-electron chi connectivity index (χ2n) is 3.34. The van der Waals surface area contributed by atoms with Gasteiger partial charge < -0.3 is 0 Å². The number of rotatable bonds is 4. The summed E-state index contributed by atoms with van der Waals surface area (Å²) in [6.07, 6.45) is 0. The van der Waals surface area contributed by atoms with Gasteiger partial charge in [-0.3, -0.25) is 4.21 Å². The zero-order valence-electron chi connectivity index (χ0n) is 8.27. The number of benzene rings is 1. The predicted octanol–water partition coefficient (Wildman–Crippen LogP) is 2.74. The van der Waals surface area contributed by atoms with E-state index in [1.165, 1.54) is 0 Å². The number of nitrogens with zero attached hydrogens (tertiary/aromatic N) is 1. The molecule has 0 saturated carbocycles. The summed E-state index contributed by atoms with van der Waals surface area (Å²) in [5.41, 5.74) is 1.29.